The van der Waals surface area contributed by atoms with Crippen LogP contribution in [0.5, 0.6) is 0 Å². The first-order chi connectivity index (χ1) is 14.0. The highest BCUT2D eigenvalue weighted by molar-refractivity contribution is 6.04. The topological polar surface area (TPSA) is 113 Å². The van der Waals surface area contributed by atoms with Crippen molar-refractivity contribution in [2.75, 3.05) is 17.2 Å². The standard InChI is InChI=1S/C21H20N4O4/c1-14-7-8-15(13-16(14)24-21(28)17-5-4-12-29-17)20(27)23-11-9-19(26)25-18-6-2-3-10-22-18/h2-8,10,12-13H,9,11H2,1H3,(H,23,27)(H,24,28)(H,22,25,26). The van der Waals surface area contributed by atoms with Gasteiger partial charge in [0.2, 0.25) is 5.91 Å². The summed E-state index contributed by atoms with van der Waals surface area (Å²) in [4.78, 5) is 40.4. The number of aryl methyl sites for hydroxylation is 1. The van der Waals surface area contributed by atoms with Gasteiger partial charge in [0.25, 0.3) is 11.8 Å². The Kier molecular flexibility index (Phi) is 6.36. The van der Waals surface area contributed by atoms with Crippen LogP contribution in [0.3, 0.4) is 0 Å². The third-order valence-corrected chi connectivity index (χ3v) is 4.06. The fraction of sp³-hybridized carbons (Fsp3) is 0.143. The van der Waals surface area contributed by atoms with Crippen LogP contribution in [0.15, 0.2) is 65.4 Å². The lowest BCUT2D eigenvalue weighted by atomic mass is 10.1. The van der Waals surface area contributed by atoms with Crippen molar-refractivity contribution in [3.8, 4) is 0 Å². The molecule has 3 aromatic rings. The third kappa shape index (κ3) is 5.52. The van der Waals surface area contributed by atoms with Crippen LogP contribution in [0.2, 0.25) is 0 Å². The Bertz CT molecular complexity index is 1000. The van der Waals surface area contributed by atoms with E-state index in [0.29, 0.717) is 17.1 Å². The van der Waals surface area contributed by atoms with E-state index in [-0.39, 0.29) is 30.5 Å². The van der Waals surface area contributed by atoms with Crippen molar-refractivity contribution in [3.05, 3.63) is 77.9 Å². The normalized spacial score (nSPS) is 10.2. The van der Waals surface area contributed by atoms with Gasteiger partial charge in [-0.1, -0.05) is 12.1 Å². The number of amides is 3. The molecule has 0 aliphatic carbocycles. The summed E-state index contributed by atoms with van der Waals surface area (Å²) < 4.78 is 5.07. The van der Waals surface area contributed by atoms with Crippen LogP contribution in [-0.2, 0) is 4.79 Å². The van der Waals surface area contributed by atoms with E-state index in [4.69, 9.17) is 4.42 Å². The van der Waals surface area contributed by atoms with Gasteiger partial charge in [0.05, 0.1) is 6.26 Å². The third-order valence-electron chi connectivity index (χ3n) is 4.06. The summed E-state index contributed by atoms with van der Waals surface area (Å²) >= 11 is 0. The Morgan fingerprint density at radius 3 is 2.59 bits per heavy atom. The molecule has 0 bridgehead atoms. The number of carbonyl (C=O) groups excluding carboxylic acids is 3. The number of pyridine rings is 1. The number of anilines is 2. The Morgan fingerprint density at radius 1 is 1.00 bits per heavy atom. The molecule has 0 saturated heterocycles. The van der Waals surface area contributed by atoms with Crippen molar-refractivity contribution in [2.45, 2.75) is 13.3 Å². The van der Waals surface area contributed by atoms with Crippen LogP contribution < -0.4 is 16.0 Å². The monoisotopic (exact) mass is 392 g/mol. The number of nitrogens with one attached hydrogen (secondary N) is 3. The molecule has 29 heavy (non-hydrogen) atoms. The Hall–Kier alpha value is -3.94. The molecule has 3 amide bonds. The lowest BCUT2D eigenvalue weighted by Gasteiger charge is -2.10. The largest absolute Gasteiger partial charge is 0.459 e. The number of hydrogen-bond donors (Lipinski definition) is 3. The first-order valence-corrected chi connectivity index (χ1v) is 8.97. The van der Waals surface area contributed by atoms with Crippen molar-refractivity contribution in [1.29, 1.82) is 0 Å². The average molecular weight is 392 g/mol. The molecular formula is C21H20N4O4. The highest BCUT2D eigenvalue weighted by Crippen LogP contribution is 2.18. The lowest BCUT2D eigenvalue weighted by Crippen LogP contribution is -2.28. The second-order valence-electron chi connectivity index (χ2n) is 6.23. The van der Waals surface area contributed by atoms with Gasteiger partial charge in [0, 0.05) is 30.4 Å². The summed E-state index contributed by atoms with van der Waals surface area (Å²) in [6.45, 7) is 1.99. The van der Waals surface area contributed by atoms with E-state index in [1.165, 1.54) is 6.26 Å². The van der Waals surface area contributed by atoms with Gasteiger partial charge < -0.3 is 20.4 Å². The van der Waals surface area contributed by atoms with E-state index in [9.17, 15) is 14.4 Å². The first kappa shape index (κ1) is 19.8. The molecule has 3 rings (SSSR count). The van der Waals surface area contributed by atoms with Crippen LogP contribution >= 0.6 is 0 Å². The predicted molar refractivity (Wildman–Crippen MR) is 108 cm³/mol. The number of hydrogen-bond acceptors (Lipinski definition) is 5. The summed E-state index contributed by atoms with van der Waals surface area (Å²) in [6.07, 6.45) is 3.10. The zero-order valence-corrected chi connectivity index (χ0v) is 15.8. The number of carbonyl (C=O) groups is 3. The summed E-state index contributed by atoms with van der Waals surface area (Å²) in [6, 6.07) is 13.3. The van der Waals surface area contributed by atoms with E-state index in [0.717, 1.165) is 5.56 Å². The second kappa shape index (κ2) is 9.32. The maximum Gasteiger partial charge on any atom is 0.291 e. The first-order valence-electron chi connectivity index (χ1n) is 8.97. The Labute approximate surface area is 167 Å². The molecule has 0 saturated carbocycles. The molecule has 0 radical (unpaired) electrons. The van der Waals surface area contributed by atoms with E-state index >= 15 is 0 Å². The fourth-order valence-electron chi connectivity index (χ4n) is 2.52. The van der Waals surface area contributed by atoms with Crippen LogP contribution in [0.25, 0.3) is 0 Å². The van der Waals surface area contributed by atoms with E-state index in [1.807, 2.05) is 6.92 Å². The number of furan rings is 1. The van der Waals surface area contributed by atoms with Crippen molar-refractivity contribution >= 4 is 29.2 Å². The Morgan fingerprint density at radius 2 is 1.86 bits per heavy atom. The molecule has 1 aromatic carbocycles. The number of rotatable bonds is 7. The second-order valence-corrected chi connectivity index (χ2v) is 6.23. The zero-order valence-electron chi connectivity index (χ0n) is 15.8. The van der Waals surface area contributed by atoms with Crippen molar-refractivity contribution in [2.24, 2.45) is 0 Å². The summed E-state index contributed by atoms with van der Waals surface area (Å²) in [5, 5.41) is 8.07. The molecule has 0 spiro atoms. The van der Waals surface area contributed by atoms with Gasteiger partial charge in [-0.25, -0.2) is 4.98 Å². The van der Waals surface area contributed by atoms with Crippen molar-refractivity contribution in [1.82, 2.24) is 10.3 Å². The van der Waals surface area contributed by atoms with Crippen molar-refractivity contribution < 1.29 is 18.8 Å². The van der Waals surface area contributed by atoms with Gasteiger partial charge in [-0.3, -0.25) is 14.4 Å². The minimum absolute atomic E-state index is 0.107. The quantitative estimate of drug-likeness (QED) is 0.572. The molecule has 0 fully saturated rings. The highest BCUT2D eigenvalue weighted by atomic mass is 16.3. The zero-order chi connectivity index (χ0) is 20.6. The van der Waals surface area contributed by atoms with Gasteiger partial charge in [0.15, 0.2) is 5.76 Å². The van der Waals surface area contributed by atoms with Crippen LogP contribution in [-0.4, -0.2) is 29.3 Å². The number of aromatic nitrogens is 1. The fourth-order valence-corrected chi connectivity index (χ4v) is 2.52. The average Bonchev–Trinajstić information content (AvgIpc) is 3.25. The SMILES string of the molecule is Cc1ccc(C(=O)NCCC(=O)Nc2ccccn2)cc1NC(=O)c1ccco1. The molecule has 3 N–H and O–H groups in total. The van der Waals surface area contributed by atoms with Gasteiger partial charge in [-0.2, -0.15) is 0 Å². The molecule has 8 heteroatoms. The van der Waals surface area contributed by atoms with Crippen LogP contribution in [0.1, 0.15) is 32.9 Å². The molecule has 0 unspecified atom stereocenters. The van der Waals surface area contributed by atoms with E-state index in [1.54, 1.807) is 54.7 Å². The van der Waals surface area contributed by atoms with Gasteiger partial charge in [-0.05, 0) is 48.9 Å². The van der Waals surface area contributed by atoms with E-state index < -0.39 is 5.91 Å². The maximum absolute atomic E-state index is 12.4. The number of benzene rings is 1. The van der Waals surface area contributed by atoms with E-state index in [2.05, 4.69) is 20.9 Å². The maximum atomic E-state index is 12.4. The van der Waals surface area contributed by atoms with Crippen LogP contribution in [0, 0.1) is 6.92 Å². The number of nitrogens with zero attached hydrogens (tertiary/aromatic N) is 1. The molecule has 2 aromatic heterocycles. The minimum atomic E-state index is -0.401. The highest BCUT2D eigenvalue weighted by Gasteiger charge is 2.13. The smallest absolute Gasteiger partial charge is 0.291 e. The van der Waals surface area contributed by atoms with Crippen molar-refractivity contribution in [3.63, 3.8) is 0 Å². The molecule has 2 heterocycles. The van der Waals surface area contributed by atoms with Gasteiger partial charge >= 0.3 is 0 Å². The molecule has 8 nitrogen and oxygen atoms in total. The summed E-state index contributed by atoms with van der Waals surface area (Å²) in [5.41, 5.74) is 1.68. The predicted octanol–water partition coefficient (Wildman–Crippen LogP) is 2.99. The Balaban J connectivity index is 1.54. The van der Waals surface area contributed by atoms with Gasteiger partial charge in [0.1, 0.15) is 5.82 Å². The molecule has 0 atom stereocenters. The molecule has 148 valence electrons. The summed E-state index contributed by atoms with van der Waals surface area (Å²) in [7, 11) is 0. The molecule has 0 aliphatic heterocycles. The lowest BCUT2D eigenvalue weighted by molar-refractivity contribution is -0.116. The van der Waals surface area contributed by atoms with Gasteiger partial charge in [-0.15, -0.1) is 0 Å². The molecular weight excluding hydrogens is 372 g/mol. The molecule has 0 aliphatic rings. The summed E-state index contributed by atoms with van der Waals surface area (Å²) in [5.74, 6) is -0.359. The van der Waals surface area contributed by atoms with Crippen LogP contribution in [0.4, 0.5) is 11.5 Å². The minimum Gasteiger partial charge on any atom is -0.459 e.